The van der Waals surface area contributed by atoms with Gasteiger partial charge < -0.3 is 24.2 Å². The van der Waals surface area contributed by atoms with Gasteiger partial charge in [0, 0.05) is 31.2 Å². The molecule has 15 heteroatoms. The van der Waals surface area contributed by atoms with E-state index < -0.39 is 10.8 Å². The van der Waals surface area contributed by atoms with Crippen LogP contribution in [0.3, 0.4) is 0 Å². The van der Waals surface area contributed by atoms with Crippen molar-refractivity contribution in [2.75, 3.05) is 45.1 Å². The lowest BCUT2D eigenvalue weighted by molar-refractivity contribution is -0.486. The molecule has 0 aromatic carbocycles. The number of hydrazone groups is 1. The summed E-state index contributed by atoms with van der Waals surface area (Å²) in [6.45, 7) is 8.69. The number of aromatic nitrogens is 3. The summed E-state index contributed by atoms with van der Waals surface area (Å²) in [7, 11) is 1.67. The van der Waals surface area contributed by atoms with Crippen molar-refractivity contribution in [2.24, 2.45) is 10.5 Å². The first-order chi connectivity index (χ1) is 17.6. The highest BCUT2D eigenvalue weighted by Gasteiger charge is 2.32. The molecule has 0 bridgehead atoms. The van der Waals surface area contributed by atoms with Crippen LogP contribution in [0.2, 0.25) is 4.47 Å². The van der Waals surface area contributed by atoms with E-state index in [-0.39, 0.29) is 37.3 Å². The minimum absolute atomic E-state index is 0.0301. The second kappa shape index (κ2) is 12.8. The van der Waals surface area contributed by atoms with E-state index in [4.69, 9.17) is 21.1 Å². The maximum atomic E-state index is 14.3. The van der Waals surface area contributed by atoms with Crippen molar-refractivity contribution in [2.45, 2.75) is 33.7 Å². The molecule has 4 heterocycles. The van der Waals surface area contributed by atoms with Gasteiger partial charge in [0.2, 0.25) is 5.82 Å². The lowest BCUT2D eigenvalue weighted by Gasteiger charge is -2.34. The van der Waals surface area contributed by atoms with Crippen molar-refractivity contribution >= 4 is 34.7 Å². The summed E-state index contributed by atoms with van der Waals surface area (Å²) < 4.78 is 25.2. The van der Waals surface area contributed by atoms with Gasteiger partial charge in [-0.1, -0.05) is 31.4 Å². The molecule has 0 atom stereocenters. The molecule has 0 spiro atoms. The number of thiazole rings is 1. The molecule has 2 aliphatic rings. The molecule has 12 nitrogen and oxygen atoms in total. The minimum atomic E-state index is -0.718. The van der Waals surface area contributed by atoms with E-state index in [1.807, 2.05) is 4.90 Å². The third-order valence-corrected chi connectivity index (χ3v) is 6.47. The van der Waals surface area contributed by atoms with Crippen molar-refractivity contribution in [1.82, 2.24) is 24.8 Å². The summed E-state index contributed by atoms with van der Waals surface area (Å²) in [6, 6.07) is 0. The average Bonchev–Trinajstić information content (AvgIpc) is 3.41. The molecule has 2 saturated heterocycles. The molecular formula is C22H28ClFN8O4S. The molecule has 4 rings (SSSR count). The summed E-state index contributed by atoms with van der Waals surface area (Å²) >= 11 is 7.05. The van der Waals surface area contributed by atoms with E-state index in [1.54, 1.807) is 30.0 Å². The third-order valence-electron chi connectivity index (χ3n) is 5.37. The molecule has 2 aromatic heterocycles. The van der Waals surface area contributed by atoms with Gasteiger partial charge in [-0.05, 0) is 18.8 Å². The number of hydrogen-bond acceptors (Lipinski definition) is 9. The molecule has 0 N–H and O–H groups in total. The lowest BCUT2D eigenvalue weighted by Crippen LogP contribution is -2.49. The standard InChI is InChI=1S/C14H18FN3O.C8H10ClN5O3S/c1-4-5-8-19-13-11(15)12(16-10-17-13)18-7-6-14(2,3)9-18;1-12-4-17-5-13(8(12)11-14(15)16)3-6-2-10-7(9)18-6/h10H,6-9H2,1-3H3;2H,3-5H2,1H3/b;11-8-. The Kier molecular flexibility index (Phi) is 9.79. The molecule has 2 fully saturated rings. The van der Waals surface area contributed by atoms with Gasteiger partial charge in [0.05, 0.1) is 6.54 Å². The molecule has 0 radical (unpaired) electrons. The average molecular weight is 555 g/mol. The molecule has 0 saturated carbocycles. The molecule has 0 amide bonds. The van der Waals surface area contributed by atoms with Crippen LogP contribution in [0.5, 0.6) is 5.88 Å². The highest BCUT2D eigenvalue weighted by Crippen LogP contribution is 2.34. The molecule has 0 aliphatic carbocycles. The Bertz CT molecular complexity index is 1180. The fourth-order valence-corrected chi connectivity index (χ4v) is 4.65. The Morgan fingerprint density at radius 3 is 2.78 bits per heavy atom. The van der Waals surface area contributed by atoms with Crippen LogP contribution in [-0.2, 0) is 11.3 Å². The van der Waals surface area contributed by atoms with Crippen LogP contribution in [-0.4, -0.2) is 75.9 Å². The molecular weight excluding hydrogens is 527 g/mol. The highest BCUT2D eigenvalue weighted by molar-refractivity contribution is 7.15. The van der Waals surface area contributed by atoms with Gasteiger partial charge in [0.1, 0.15) is 24.9 Å². The lowest BCUT2D eigenvalue weighted by atomic mass is 9.93. The van der Waals surface area contributed by atoms with E-state index in [0.717, 1.165) is 24.4 Å². The van der Waals surface area contributed by atoms with Crippen LogP contribution in [0.1, 0.15) is 32.1 Å². The van der Waals surface area contributed by atoms with E-state index in [0.29, 0.717) is 16.8 Å². The summed E-state index contributed by atoms with van der Waals surface area (Å²) in [5, 5.41) is 13.2. The number of ether oxygens (including phenoxy) is 2. The maximum Gasteiger partial charge on any atom is 0.277 e. The van der Waals surface area contributed by atoms with Gasteiger partial charge in [-0.25, -0.2) is 20.1 Å². The van der Waals surface area contributed by atoms with Gasteiger partial charge in [-0.15, -0.1) is 17.3 Å². The van der Waals surface area contributed by atoms with Crippen LogP contribution < -0.4 is 9.64 Å². The SMILES string of the molecule is CC#CCOc1ncnc(N2CCC(C)(C)C2)c1F.CN1COCN(Cc2cnc(Cl)s2)/C1=N\[N+](=O)[O-]. The summed E-state index contributed by atoms with van der Waals surface area (Å²) in [5.74, 6) is 5.45. The molecule has 2 aliphatic heterocycles. The highest BCUT2D eigenvalue weighted by atomic mass is 35.5. The number of nitro groups is 1. The molecule has 200 valence electrons. The first kappa shape index (κ1) is 28.3. The van der Waals surface area contributed by atoms with Crippen molar-refractivity contribution in [3.8, 4) is 17.7 Å². The zero-order valence-electron chi connectivity index (χ0n) is 21.0. The molecule has 2 aromatic rings. The van der Waals surface area contributed by atoms with E-state index in [2.05, 4.69) is 45.7 Å². The summed E-state index contributed by atoms with van der Waals surface area (Å²) in [4.78, 5) is 28.3. The number of rotatable bonds is 6. The van der Waals surface area contributed by atoms with Crippen molar-refractivity contribution in [1.29, 1.82) is 0 Å². The molecule has 0 unspecified atom stereocenters. The Morgan fingerprint density at radius 1 is 1.38 bits per heavy atom. The number of hydrogen-bond donors (Lipinski definition) is 0. The Morgan fingerprint density at radius 2 is 2.16 bits per heavy atom. The first-order valence-corrected chi connectivity index (χ1v) is 12.4. The predicted octanol–water partition coefficient (Wildman–Crippen LogP) is 3.28. The van der Waals surface area contributed by atoms with Crippen LogP contribution in [0.4, 0.5) is 10.2 Å². The fourth-order valence-electron chi connectivity index (χ4n) is 3.65. The topological polar surface area (TPSA) is 122 Å². The van der Waals surface area contributed by atoms with Gasteiger partial charge in [0.25, 0.3) is 11.8 Å². The molecule has 37 heavy (non-hydrogen) atoms. The van der Waals surface area contributed by atoms with Gasteiger partial charge in [0.15, 0.2) is 21.9 Å². The Labute approximate surface area is 223 Å². The zero-order valence-corrected chi connectivity index (χ0v) is 22.6. The Balaban J connectivity index is 0.000000206. The van der Waals surface area contributed by atoms with Crippen LogP contribution in [0, 0.1) is 33.2 Å². The fraction of sp³-hybridized carbons (Fsp3) is 0.545. The van der Waals surface area contributed by atoms with Crippen LogP contribution in [0.15, 0.2) is 17.6 Å². The van der Waals surface area contributed by atoms with Gasteiger partial charge in [-0.2, -0.15) is 9.37 Å². The second-order valence-electron chi connectivity index (χ2n) is 8.94. The number of halogens is 2. The third kappa shape index (κ3) is 8.11. The van der Waals surface area contributed by atoms with Gasteiger partial charge >= 0.3 is 0 Å². The number of anilines is 1. The quantitative estimate of drug-likeness (QED) is 0.298. The van der Waals surface area contributed by atoms with Crippen molar-refractivity contribution < 1.29 is 18.9 Å². The van der Waals surface area contributed by atoms with Crippen LogP contribution in [0.25, 0.3) is 0 Å². The number of nitrogens with zero attached hydrogens (tertiary/aromatic N) is 8. The normalized spacial score (nSPS) is 17.7. The van der Waals surface area contributed by atoms with Crippen molar-refractivity contribution in [3.63, 3.8) is 0 Å². The largest absolute Gasteiger partial charge is 0.462 e. The summed E-state index contributed by atoms with van der Waals surface area (Å²) in [5.41, 5.74) is 0.187. The predicted molar refractivity (Wildman–Crippen MR) is 137 cm³/mol. The first-order valence-electron chi connectivity index (χ1n) is 11.2. The smallest absolute Gasteiger partial charge is 0.277 e. The number of guanidine groups is 1. The van der Waals surface area contributed by atoms with Crippen molar-refractivity contribution in [3.05, 3.63) is 37.8 Å². The second-order valence-corrected chi connectivity index (χ2v) is 10.6. The summed E-state index contributed by atoms with van der Waals surface area (Å²) in [6.07, 6.45) is 3.98. The zero-order chi connectivity index (χ0) is 27.0. The van der Waals surface area contributed by atoms with Crippen LogP contribution >= 0.6 is 22.9 Å². The maximum absolute atomic E-state index is 14.3. The Hall–Kier alpha value is -3.28. The minimum Gasteiger partial charge on any atom is -0.462 e. The monoisotopic (exact) mass is 554 g/mol. The van der Waals surface area contributed by atoms with E-state index in [1.165, 1.54) is 17.7 Å². The van der Waals surface area contributed by atoms with Gasteiger partial charge in [-0.3, -0.25) is 0 Å². The van der Waals surface area contributed by atoms with E-state index in [9.17, 15) is 14.5 Å². The van der Waals surface area contributed by atoms with E-state index >= 15 is 0 Å².